The first kappa shape index (κ1) is 18.4. The van der Waals surface area contributed by atoms with E-state index in [9.17, 15) is 4.79 Å². The largest absolute Gasteiger partial charge is 0.487 e. The molecule has 0 aliphatic carbocycles. The van der Waals surface area contributed by atoms with Crippen molar-refractivity contribution in [3.05, 3.63) is 101 Å². The van der Waals surface area contributed by atoms with Gasteiger partial charge in [-0.05, 0) is 24.3 Å². The Hall–Kier alpha value is -3.64. The van der Waals surface area contributed by atoms with Crippen molar-refractivity contribution in [2.75, 3.05) is 5.32 Å². The van der Waals surface area contributed by atoms with Gasteiger partial charge in [0.2, 0.25) is 5.91 Å². The summed E-state index contributed by atoms with van der Waals surface area (Å²) in [6.45, 7) is 0.347. The molecule has 1 amide bonds. The third-order valence-electron chi connectivity index (χ3n) is 4.85. The number of hydrogen-bond donors (Lipinski definition) is 1. The van der Waals surface area contributed by atoms with E-state index in [0.717, 1.165) is 22.6 Å². The average molecular weight is 414 g/mol. The van der Waals surface area contributed by atoms with Crippen LogP contribution in [-0.4, -0.2) is 10.9 Å². The number of benzene rings is 3. The van der Waals surface area contributed by atoms with Gasteiger partial charge in [-0.2, -0.15) is 0 Å². The van der Waals surface area contributed by atoms with Crippen molar-refractivity contribution in [2.45, 2.75) is 12.5 Å². The number of amides is 1. The minimum Gasteiger partial charge on any atom is -0.487 e. The van der Waals surface area contributed by atoms with Gasteiger partial charge in [-0.3, -0.25) is 4.79 Å². The highest BCUT2D eigenvalue weighted by Gasteiger charge is 2.32. The van der Waals surface area contributed by atoms with Crippen LogP contribution in [0, 0.1) is 0 Å². The predicted molar refractivity (Wildman–Crippen MR) is 116 cm³/mol. The molecule has 3 aromatic carbocycles. The molecule has 1 aromatic heterocycles. The maximum absolute atomic E-state index is 13.3. The van der Waals surface area contributed by atoms with Crippen molar-refractivity contribution in [3.8, 4) is 17.2 Å². The zero-order chi connectivity index (χ0) is 20.3. The lowest BCUT2D eigenvalue weighted by Gasteiger charge is -2.27. The molecular weight excluding hydrogens is 396 g/mol. The number of rotatable bonds is 5. The number of nitrogens with zero attached hydrogens (tertiary/aromatic N) is 1. The predicted octanol–water partition coefficient (Wildman–Crippen LogP) is 5.60. The molecule has 5 rings (SSSR count). The molecule has 1 N–H and O–H groups in total. The lowest BCUT2D eigenvalue weighted by molar-refractivity contribution is -0.116. The molecule has 1 aliphatic heterocycles. The lowest BCUT2D eigenvalue weighted by Crippen LogP contribution is -2.25. The van der Waals surface area contributed by atoms with Gasteiger partial charge in [0.1, 0.15) is 23.9 Å². The average Bonchev–Trinajstić information content (AvgIpc) is 3.23. The Bertz CT molecular complexity index is 1140. The first-order valence-corrected chi connectivity index (χ1v) is 10.4. The summed E-state index contributed by atoms with van der Waals surface area (Å²) >= 11 is 1.39. The van der Waals surface area contributed by atoms with Gasteiger partial charge in [0.05, 0.1) is 11.6 Å². The quantitative estimate of drug-likeness (QED) is 0.462. The normalized spacial score (nSPS) is 12.4. The molecule has 2 heterocycles. The SMILES string of the molecule is O=C(Nc1nc(COc2ccccc2)cs1)C1c2ccccc2Oc2ccccc21. The van der Waals surface area contributed by atoms with Gasteiger partial charge in [0.25, 0.3) is 0 Å². The van der Waals surface area contributed by atoms with Crippen LogP contribution in [-0.2, 0) is 11.4 Å². The molecule has 148 valence electrons. The molecule has 30 heavy (non-hydrogen) atoms. The summed E-state index contributed by atoms with van der Waals surface area (Å²) in [7, 11) is 0. The van der Waals surface area contributed by atoms with Crippen LogP contribution in [0.15, 0.2) is 84.2 Å². The van der Waals surface area contributed by atoms with Crippen LogP contribution in [0.4, 0.5) is 5.13 Å². The van der Waals surface area contributed by atoms with Gasteiger partial charge in [-0.15, -0.1) is 11.3 Å². The van der Waals surface area contributed by atoms with Gasteiger partial charge in [0, 0.05) is 16.5 Å². The smallest absolute Gasteiger partial charge is 0.238 e. The number of thiazole rings is 1. The van der Waals surface area contributed by atoms with Gasteiger partial charge in [0.15, 0.2) is 5.13 Å². The Kier molecular flexibility index (Phi) is 4.91. The molecule has 0 bridgehead atoms. The summed E-state index contributed by atoms with van der Waals surface area (Å²) in [4.78, 5) is 17.8. The highest BCUT2D eigenvalue weighted by molar-refractivity contribution is 7.13. The number of hydrogen-bond acceptors (Lipinski definition) is 5. The van der Waals surface area contributed by atoms with E-state index in [0.29, 0.717) is 23.2 Å². The number of carbonyl (C=O) groups is 1. The van der Waals surface area contributed by atoms with E-state index in [1.165, 1.54) is 11.3 Å². The summed E-state index contributed by atoms with van der Waals surface area (Å²) < 4.78 is 11.7. The molecule has 0 spiro atoms. The molecule has 5 nitrogen and oxygen atoms in total. The fraction of sp³-hybridized carbons (Fsp3) is 0.0833. The van der Waals surface area contributed by atoms with Crippen LogP contribution in [0.25, 0.3) is 0 Å². The summed E-state index contributed by atoms with van der Waals surface area (Å²) in [5.41, 5.74) is 2.46. The Morgan fingerprint density at radius 2 is 1.57 bits per heavy atom. The van der Waals surface area contributed by atoms with E-state index in [1.807, 2.05) is 84.2 Å². The second-order valence-electron chi connectivity index (χ2n) is 6.85. The van der Waals surface area contributed by atoms with Crippen molar-refractivity contribution in [1.82, 2.24) is 4.98 Å². The van der Waals surface area contributed by atoms with Crippen molar-refractivity contribution in [1.29, 1.82) is 0 Å². The molecule has 6 heteroatoms. The fourth-order valence-electron chi connectivity index (χ4n) is 3.47. The number of para-hydroxylation sites is 3. The van der Waals surface area contributed by atoms with Crippen molar-refractivity contribution in [3.63, 3.8) is 0 Å². The number of fused-ring (bicyclic) bond motifs is 2. The van der Waals surface area contributed by atoms with Crippen LogP contribution >= 0.6 is 11.3 Å². The monoisotopic (exact) mass is 414 g/mol. The molecule has 0 radical (unpaired) electrons. The Morgan fingerprint density at radius 1 is 0.933 bits per heavy atom. The van der Waals surface area contributed by atoms with Gasteiger partial charge in [-0.25, -0.2) is 4.98 Å². The van der Waals surface area contributed by atoms with Crippen LogP contribution in [0.2, 0.25) is 0 Å². The maximum Gasteiger partial charge on any atom is 0.238 e. The first-order valence-electron chi connectivity index (χ1n) is 9.57. The third kappa shape index (κ3) is 3.65. The topological polar surface area (TPSA) is 60.5 Å². The molecule has 0 saturated heterocycles. The third-order valence-corrected chi connectivity index (χ3v) is 5.66. The van der Waals surface area contributed by atoms with Crippen LogP contribution in [0.1, 0.15) is 22.7 Å². The second-order valence-corrected chi connectivity index (χ2v) is 7.70. The molecular formula is C24H18N2O3S. The Labute approximate surface area is 177 Å². The van der Waals surface area contributed by atoms with Gasteiger partial charge >= 0.3 is 0 Å². The van der Waals surface area contributed by atoms with Crippen LogP contribution in [0.3, 0.4) is 0 Å². The van der Waals surface area contributed by atoms with Crippen LogP contribution in [0.5, 0.6) is 17.2 Å². The zero-order valence-corrected chi connectivity index (χ0v) is 16.8. The first-order chi connectivity index (χ1) is 14.8. The number of nitrogens with one attached hydrogen (secondary N) is 1. The molecule has 1 aliphatic rings. The van der Waals surface area contributed by atoms with E-state index in [2.05, 4.69) is 10.3 Å². The van der Waals surface area contributed by atoms with E-state index in [-0.39, 0.29) is 5.91 Å². The minimum atomic E-state index is -0.459. The molecule has 4 aromatic rings. The van der Waals surface area contributed by atoms with Crippen molar-refractivity contribution >= 4 is 22.4 Å². The van der Waals surface area contributed by atoms with Crippen molar-refractivity contribution in [2.24, 2.45) is 0 Å². The number of carbonyl (C=O) groups excluding carboxylic acids is 1. The van der Waals surface area contributed by atoms with Gasteiger partial charge in [-0.1, -0.05) is 54.6 Å². The van der Waals surface area contributed by atoms with E-state index >= 15 is 0 Å². The standard InChI is InChI=1S/C24H18N2O3S/c27-23(26-24-25-16(15-30-24)14-28-17-8-2-1-3-9-17)22-18-10-4-6-12-20(18)29-21-13-7-5-11-19(21)22/h1-13,15,22H,14H2,(H,25,26,27). The summed E-state index contributed by atoms with van der Waals surface area (Å²) in [6, 6.07) is 24.8. The Morgan fingerprint density at radius 3 is 2.27 bits per heavy atom. The van der Waals surface area contributed by atoms with E-state index in [1.54, 1.807) is 0 Å². The highest BCUT2D eigenvalue weighted by atomic mass is 32.1. The molecule has 0 fully saturated rings. The highest BCUT2D eigenvalue weighted by Crippen LogP contribution is 2.44. The van der Waals surface area contributed by atoms with E-state index < -0.39 is 5.92 Å². The zero-order valence-electron chi connectivity index (χ0n) is 15.9. The van der Waals surface area contributed by atoms with Crippen molar-refractivity contribution < 1.29 is 14.3 Å². The number of aromatic nitrogens is 1. The summed E-state index contributed by atoms with van der Waals surface area (Å²) in [5, 5.41) is 5.41. The number of anilines is 1. The molecule has 0 atom stereocenters. The molecule has 0 unspecified atom stereocenters. The summed E-state index contributed by atoms with van der Waals surface area (Å²) in [5.74, 6) is 1.59. The lowest BCUT2D eigenvalue weighted by atomic mass is 9.87. The van der Waals surface area contributed by atoms with Gasteiger partial charge < -0.3 is 14.8 Å². The molecule has 0 saturated carbocycles. The number of ether oxygens (including phenoxy) is 2. The Balaban J connectivity index is 1.34. The minimum absolute atomic E-state index is 0.136. The fourth-order valence-corrected chi connectivity index (χ4v) is 4.17. The maximum atomic E-state index is 13.3. The van der Waals surface area contributed by atoms with Crippen LogP contribution < -0.4 is 14.8 Å². The van der Waals surface area contributed by atoms with E-state index in [4.69, 9.17) is 9.47 Å². The second kappa shape index (κ2) is 8.00. The summed E-state index contributed by atoms with van der Waals surface area (Å²) in [6.07, 6.45) is 0.